The van der Waals surface area contributed by atoms with Crippen LogP contribution in [0.3, 0.4) is 0 Å². The average Bonchev–Trinajstić information content (AvgIpc) is 3.40. The largest absolute Gasteiger partial charge is 0.361 e. The summed E-state index contributed by atoms with van der Waals surface area (Å²) >= 11 is 0. The molecule has 0 saturated carbocycles. The number of aromatic nitrogens is 5. The van der Waals surface area contributed by atoms with E-state index in [0.29, 0.717) is 31.1 Å². The molecule has 154 valence electrons. The first-order chi connectivity index (χ1) is 13.9. The molecule has 0 bridgehead atoms. The molecule has 0 fully saturated rings. The van der Waals surface area contributed by atoms with E-state index in [1.54, 1.807) is 12.4 Å². The standard InChI is InChI=1S/C20H27N7O2/c1-12(2)27-16-6-9-26(11-15(16)17(23-27)19-21-7-8-22-19)20(28)18-14(10-25(4)5)13(3)29-24-18/h7-8,12H,6,9-11H2,1-5H3,(H,21,22). The van der Waals surface area contributed by atoms with Crippen LogP contribution in [-0.2, 0) is 19.5 Å². The Morgan fingerprint density at radius 3 is 2.83 bits per heavy atom. The number of hydrogen-bond acceptors (Lipinski definition) is 6. The molecule has 1 aliphatic heterocycles. The quantitative estimate of drug-likeness (QED) is 0.710. The van der Waals surface area contributed by atoms with Crippen LogP contribution in [0.25, 0.3) is 11.5 Å². The highest BCUT2D eigenvalue weighted by molar-refractivity contribution is 5.94. The predicted octanol–water partition coefficient (Wildman–Crippen LogP) is 2.41. The number of nitrogens with one attached hydrogen (secondary N) is 1. The fraction of sp³-hybridized carbons (Fsp3) is 0.500. The van der Waals surface area contributed by atoms with Gasteiger partial charge in [-0.3, -0.25) is 9.48 Å². The second kappa shape index (κ2) is 7.47. The lowest BCUT2D eigenvalue weighted by atomic mass is 10.0. The molecule has 0 saturated heterocycles. The monoisotopic (exact) mass is 397 g/mol. The molecule has 0 aromatic carbocycles. The minimum Gasteiger partial charge on any atom is -0.361 e. The van der Waals surface area contributed by atoms with E-state index >= 15 is 0 Å². The summed E-state index contributed by atoms with van der Waals surface area (Å²) in [7, 11) is 3.92. The number of carbonyl (C=O) groups is 1. The van der Waals surface area contributed by atoms with Crippen molar-refractivity contribution in [1.29, 1.82) is 0 Å². The summed E-state index contributed by atoms with van der Waals surface area (Å²) in [4.78, 5) is 24.7. The molecule has 29 heavy (non-hydrogen) atoms. The van der Waals surface area contributed by atoms with Crippen molar-refractivity contribution in [2.45, 2.75) is 46.3 Å². The summed E-state index contributed by atoms with van der Waals surface area (Å²) in [5.74, 6) is 1.30. The molecular weight excluding hydrogens is 370 g/mol. The molecular formula is C20H27N7O2. The zero-order chi connectivity index (χ0) is 20.7. The second-order valence-electron chi connectivity index (χ2n) is 8.03. The second-order valence-corrected chi connectivity index (χ2v) is 8.03. The van der Waals surface area contributed by atoms with Crippen molar-refractivity contribution in [3.8, 4) is 11.5 Å². The van der Waals surface area contributed by atoms with Crippen molar-refractivity contribution >= 4 is 5.91 Å². The Hall–Kier alpha value is -2.94. The normalized spacial score (nSPS) is 14.1. The van der Waals surface area contributed by atoms with Gasteiger partial charge in [-0.1, -0.05) is 5.16 Å². The lowest BCUT2D eigenvalue weighted by Crippen LogP contribution is -2.37. The van der Waals surface area contributed by atoms with Gasteiger partial charge in [-0.2, -0.15) is 5.10 Å². The van der Waals surface area contributed by atoms with Gasteiger partial charge >= 0.3 is 0 Å². The van der Waals surface area contributed by atoms with Crippen LogP contribution >= 0.6 is 0 Å². The maximum atomic E-state index is 13.3. The van der Waals surface area contributed by atoms with Gasteiger partial charge in [-0.25, -0.2) is 4.98 Å². The number of hydrogen-bond donors (Lipinski definition) is 1. The zero-order valence-electron chi connectivity index (χ0n) is 17.6. The molecule has 4 rings (SSSR count). The minimum atomic E-state index is -0.105. The highest BCUT2D eigenvalue weighted by Crippen LogP contribution is 2.31. The molecule has 1 amide bonds. The number of nitrogens with zero attached hydrogens (tertiary/aromatic N) is 6. The first-order valence-electron chi connectivity index (χ1n) is 9.86. The number of H-pyrrole nitrogens is 1. The molecule has 4 heterocycles. The molecule has 0 spiro atoms. The Morgan fingerprint density at radius 2 is 2.17 bits per heavy atom. The van der Waals surface area contributed by atoms with Crippen LogP contribution in [0.5, 0.6) is 0 Å². The fourth-order valence-corrected chi connectivity index (χ4v) is 3.84. The van der Waals surface area contributed by atoms with Crippen molar-refractivity contribution in [3.63, 3.8) is 0 Å². The summed E-state index contributed by atoms with van der Waals surface area (Å²) in [5, 5.41) is 8.88. The van der Waals surface area contributed by atoms with E-state index in [1.165, 1.54) is 5.69 Å². The van der Waals surface area contributed by atoms with Gasteiger partial charge in [0, 0.05) is 54.8 Å². The number of aryl methyl sites for hydroxylation is 1. The van der Waals surface area contributed by atoms with Crippen molar-refractivity contribution in [3.05, 3.63) is 40.7 Å². The molecule has 0 unspecified atom stereocenters. The molecule has 9 nitrogen and oxygen atoms in total. The van der Waals surface area contributed by atoms with E-state index in [9.17, 15) is 4.79 Å². The number of amides is 1. The third-order valence-corrected chi connectivity index (χ3v) is 5.25. The predicted molar refractivity (Wildman–Crippen MR) is 107 cm³/mol. The van der Waals surface area contributed by atoms with Crippen molar-refractivity contribution in [2.75, 3.05) is 20.6 Å². The summed E-state index contributed by atoms with van der Waals surface area (Å²) in [5.41, 5.74) is 4.26. The number of rotatable bonds is 5. The van der Waals surface area contributed by atoms with Crippen LogP contribution in [0.4, 0.5) is 0 Å². The van der Waals surface area contributed by atoms with Gasteiger partial charge in [-0.05, 0) is 34.9 Å². The van der Waals surface area contributed by atoms with Gasteiger partial charge in [0.2, 0.25) is 0 Å². The molecule has 0 atom stereocenters. The highest BCUT2D eigenvalue weighted by Gasteiger charge is 2.32. The van der Waals surface area contributed by atoms with E-state index in [4.69, 9.17) is 9.62 Å². The Labute approximate surface area is 169 Å². The summed E-state index contributed by atoms with van der Waals surface area (Å²) in [6, 6.07) is 0.236. The van der Waals surface area contributed by atoms with E-state index in [0.717, 1.165) is 29.1 Å². The van der Waals surface area contributed by atoms with Crippen LogP contribution in [0, 0.1) is 6.92 Å². The van der Waals surface area contributed by atoms with Gasteiger partial charge in [0.15, 0.2) is 11.5 Å². The van der Waals surface area contributed by atoms with E-state index in [-0.39, 0.29) is 11.9 Å². The van der Waals surface area contributed by atoms with Crippen molar-refractivity contribution in [1.82, 2.24) is 34.7 Å². The van der Waals surface area contributed by atoms with Crippen LogP contribution in [0.2, 0.25) is 0 Å². The topological polar surface area (TPSA) is 96.1 Å². The van der Waals surface area contributed by atoms with Gasteiger partial charge in [0.1, 0.15) is 11.5 Å². The SMILES string of the molecule is Cc1onc(C(=O)N2CCc3c(c(-c4ncc[nH]4)nn3C(C)C)C2)c1CN(C)C. The number of aromatic amines is 1. The number of fused-ring (bicyclic) bond motifs is 1. The molecule has 1 N–H and O–H groups in total. The Kier molecular flexibility index (Phi) is 4.99. The molecule has 1 aliphatic rings. The van der Waals surface area contributed by atoms with Gasteiger partial charge in [0.25, 0.3) is 5.91 Å². The first-order valence-corrected chi connectivity index (χ1v) is 9.86. The number of carbonyl (C=O) groups excluding carboxylic acids is 1. The van der Waals surface area contributed by atoms with Gasteiger partial charge in [-0.15, -0.1) is 0 Å². The number of imidazole rings is 1. The smallest absolute Gasteiger partial charge is 0.276 e. The van der Waals surface area contributed by atoms with Crippen LogP contribution in [0.1, 0.15) is 53.0 Å². The summed E-state index contributed by atoms with van der Waals surface area (Å²) in [6.45, 7) is 7.78. The summed E-state index contributed by atoms with van der Waals surface area (Å²) in [6.07, 6.45) is 4.24. The molecule has 3 aromatic rings. The summed E-state index contributed by atoms with van der Waals surface area (Å²) < 4.78 is 7.39. The van der Waals surface area contributed by atoms with E-state index < -0.39 is 0 Å². The van der Waals surface area contributed by atoms with Crippen LogP contribution < -0.4 is 0 Å². The Bertz CT molecular complexity index is 1010. The molecule has 9 heteroatoms. The maximum Gasteiger partial charge on any atom is 0.276 e. The third kappa shape index (κ3) is 3.46. The van der Waals surface area contributed by atoms with Gasteiger partial charge in [0.05, 0.1) is 6.54 Å². The first kappa shape index (κ1) is 19.4. The molecule has 3 aromatic heterocycles. The Morgan fingerprint density at radius 1 is 1.38 bits per heavy atom. The lowest BCUT2D eigenvalue weighted by Gasteiger charge is -2.28. The minimum absolute atomic E-state index is 0.105. The lowest BCUT2D eigenvalue weighted by molar-refractivity contribution is 0.0721. The van der Waals surface area contributed by atoms with Gasteiger partial charge < -0.3 is 19.3 Å². The highest BCUT2D eigenvalue weighted by atomic mass is 16.5. The third-order valence-electron chi connectivity index (χ3n) is 5.25. The molecule has 0 radical (unpaired) electrons. The van der Waals surface area contributed by atoms with Crippen molar-refractivity contribution in [2.24, 2.45) is 0 Å². The fourth-order valence-electron chi connectivity index (χ4n) is 3.84. The zero-order valence-corrected chi connectivity index (χ0v) is 17.6. The maximum absolute atomic E-state index is 13.3. The van der Waals surface area contributed by atoms with Crippen LogP contribution in [-0.4, -0.2) is 61.3 Å². The molecule has 0 aliphatic carbocycles. The average molecular weight is 397 g/mol. The van der Waals surface area contributed by atoms with Crippen molar-refractivity contribution < 1.29 is 9.32 Å². The van der Waals surface area contributed by atoms with E-state index in [1.807, 2.05) is 35.5 Å². The Balaban J connectivity index is 1.68. The van der Waals surface area contributed by atoms with Crippen LogP contribution in [0.15, 0.2) is 16.9 Å². The van der Waals surface area contributed by atoms with E-state index in [2.05, 4.69) is 29.0 Å².